The van der Waals surface area contributed by atoms with E-state index in [9.17, 15) is 18.3 Å². The smallest absolute Gasteiger partial charge is 0.410 e. The van der Waals surface area contributed by atoms with Gasteiger partial charge in [0.25, 0.3) is 0 Å². The van der Waals surface area contributed by atoms with Gasteiger partial charge in [0.05, 0.1) is 10.5 Å². The SMILES string of the molecule is CNS(=O)(=O)c1ccc(C2(O)CCN(C(=O)OC(C)(C)C)CC2)cc1. The van der Waals surface area contributed by atoms with E-state index < -0.39 is 21.2 Å². The topological polar surface area (TPSA) is 95.9 Å². The summed E-state index contributed by atoms with van der Waals surface area (Å²) in [4.78, 5) is 13.8. The predicted octanol–water partition coefficient (Wildman–Crippen LogP) is 1.81. The molecule has 1 aromatic carbocycles. The summed E-state index contributed by atoms with van der Waals surface area (Å²) in [6.07, 6.45) is 0.347. The Hall–Kier alpha value is -1.64. The molecule has 0 unspecified atom stereocenters. The number of carbonyl (C=O) groups is 1. The highest BCUT2D eigenvalue weighted by molar-refractivity contribution is 7.89. The Morgan fingerprint density at radius 1 is 1.20 bits per heavy atom. The lowest BCUT2D eigenvalue weighted by molar-refractivity contribution is -0.0356. The van der Waals surface area contributed by atoms with Crippen molar-refractivity contribution in [1.29, 1.82) is 0 Å². The molecule has 0 aliphatic carbocycles. The number of likely N-dealkylation sites (tertiary alicyclic amines) is 1. The third-order valence-corrected chi connectivity index (χ3v) is 5.64. The first kappa shape index (κ1) is 19.7. The van der Waals surface area contributed by atoms with Crippen molar-refractivity contribution in [3.8, 4) is 0 Å². The van der Waals surface area contributed by atoms with Crippen molar-refractivity contribution < 1.29 is 23.1 Å². The van der Waals surface area contributed by atoms with Gasteiger partial charge in [-0.1, -0.05) is 12.1 Å². The fourth-order valence-electron chi connectivity index (χ4n) is 2.74. The minimum Gasteiger partial charge on any atom is -0.444 e. The average molecular weight is 370 g/mol. The maximum atomic E-state index is 12.1. The summed E-state index contributed by atoms with van der Waals surface area (Å²) in [5, 5.41) is 10.9. The number of nitrogens with zero attached hydrogens (tertiary/aromatic N) is 1. The second-order valence-corrected chi connectivity index (χ2v) is 9.12. The number of hydrogen-bond acceptors (Lipinski definition) is 5. The first-order valence-electron chi connectivity index (χ1n) is 8.21. The van der Waals surface area contributed by atoms with E-state index in [0.29, 0.717) is 31.5 Å². The van der Waals surface area contributed by atoms with Crippen molar-refractivity contribution in [3.63, 3.8) is 0 Å². The van der Waals surface area contributed by atoms with Gasteiger partial charge in [0.1, 0.15) is 5.60 Å². The van der Waals surface area contributed by atoms with Crippen LogP contribution in [0.25, 0.3) is 0 Å². The number of carbonyl (C=O) groups excluding carboxylic acids is 1. The van der Waals surface area contributed by atoms with Crippen molar-refractivity contribution in [2.45, 2.75) is 49.7 Å². The van der Waals surface area contributed by atoms with Gasteiger partial charge in [-0.25, -0.2) is 17.9 Å². The largest absolute Gasteiger partial charge is 0.444 e. The zero-order valence-corrected chi connectivity index (χ0v) is 15.9. The van der Waals surface area contributed by atoms with Crippen molar-refractivity contribution >= 4 is 16.1 Å². The standard InChI is InChI=1S/C17H26N2O5S/c1-16(2,3)24-15(20)19-11-9-17(21,10-12-19)13-5-7-14(8-6-13)25(22,23)18-4/h5-8,18,21H,9-12H2,1-4H3. The molecule has 25 heavy (non-hydrogen) atoms. The van der Waals surface area contributed by atoms with Gasteiger partial charge < -0.3 is 14.7 Å². The van der Waals surface area contributed by atoms with Crippen LogP contribution < -0.4 is 4.72 Å². The first-order valence-corrected chi connectivity index (χ1v) is 9.70. The van der Waals surface area contributed by atoms with Crippen molar-refractivity contribution in [2.75, 3.05) is 20.1 Å². The van der Waals surface area contributed by atoms with E-state index in [-0.39, 0.29) is 11.0 Å². The highest BCUT2D eigenvalue weighted by Gasteiger charge is 2.36. The molecule has 1 saturated heterocycles. The molecular weight excluding hydrogens is 344 g/mol. The van der Waals surface area contributed by atoms with E-state index in [1.54, 1.807) is 17.0 Å². The van der Waals surface area contributed by atoms with Crippen LogP contribution in [-0.4, -0.2) is 50.3 Å². The molecule has 0 radical (unpaired) electrons. The van der Waals surface area contributed by atoms with Gasteiger partial charge in [-0.3, -0.25) is 0 Å². The zero-order valence-electron chi connectivity index (χ0n) is 15.1. The lowest BCUT2D eigenvalue weighted by Gasteiger charge is -2.39. The zero-order chi connectivity index (χ0) is 18.9. The molecule has 1 aliphatic heterocycles. The summed E-state index contributed by atoms with van der Waals surface area (Å²) in [5.74, 6) is 0. The maximum Gasteiger partial charge on any atom is 0.410 e. The van der Waals surface area contributed by atoms with Crippen molar-refractivity contribution in [2.24, 2.45) is 0 Å². The number of aliphatic hydroxyl groups is 1. The second kappa shape index (κ2) is 6.93. The Labute approximate surface area is 149 Å². The Kier molecular flexibility index (Phi) is 5.46. The van der Waals surface area contributed by atoms with Crippen LogP contribution in [0, 0.1) is 0 Å². The molecule has 140 valence electrons. The number of benzene rings is 1. The highest BCUT2D eigenvalue weighted by Crippen LogP contribution is 2.33. The average Bonchev–Trinajstić information content (AvgIpc) is 2.54. The normalized spacial score (nSPS) is 18.0. The van der Waals surface area contributed by atoms with Gasteiger partial charge in [0.15, 0.2) is 0 Å². The van der Waals surface area contributed by atoms with Crippen LogP contribution in [0.2, 0.25) is 0 Å². The van der Waals surface area contributed by atoms with E-state index in [0.717, 1.165) is 0 Å². The van der Waals surface area contributed by atoms with E-state index in [1.165, 1.54) is 19.2 Å². The number of ether oxygens (including phenoxy) is 1. The third-order valence-electron chi connectivity index (χ3n) is 4.21. The molecule has 0 aromatic heterocycles. The van der Waals surface area contributed by atoms with Gasteiger partial charge >= 0.3 is 6.09 Å². The number of rotatable bonds is 3. The van der Waals surface area contributed by atoms with E-state index in [2.05, 4.69) is 4.72 Å². The molecule has 7 nitrogen and oxygen atoms in total. The van der Waals surface area contributed by atoms with E-state index >= 15 is 0 Å². The number of piperidine rings is 1. The molecule has 0 atom stereocenters. The van der Waals surface area contributed by atoms with Crippen LogP contribution >= 0.6 is 0 Å². The molecule has 0 spiro atoms. The van der Waals surface area contributed by atoms with Crippen LogP contribution in [0.4, 0.5) is 4.79 Å². The summed E-state index contributed by atoms with van der Waals surface area (Å²) >= 11 is 0. The Morgan fingerprint density at radius 3 is 2.16 bits per heavy atom. The number of amides is 1. The molecule has 0 saturated carbocycles. The Morgan fingerprint density at radius 2 is 1.72 bits per heavy atom. The van der Waals surface area contributed by atoms with Crippen LogP contribution in [0.5, 0.6) is 0 Å². The third kappa shape index (κ3) is 4.71. The van der Waals surface area contributed by atoms with Gasteiger partial charge in [-0.2, -0.15) is 0 Å². The molecule has 1 amide bonds. The van der Waals surface area contributed by atoms with Gasteiger partial charge in [0.2, 0.25) is 10.0 Å². The monoisotopic (exact) mass is 370 g/mol. The molecule has 1 aliphatic rings. The van der Waals surface area contributed by atoms with Crippen molar-refractivity contribution in [3.05, 3.63) is 29.8 Å². The van der Waals surface area contributed by atoms with E-state index in [1.807, 2.05) is 20.8 Å². The molecule has 2 rings (SSSR count). The molecule has 1 aromatic rings. The fourth-order valence-corrected chi connectivity index (χ4v) is 3.47. The Bertz CT molecular complexity index is 714. The molecule has 1 fully saturated rings. The summed E-state index contributed by atoms with van der Waals surface area (Å²) in [6, 6.07) is 6.18. The van der Waals surface area contributed by atoms with E-state index in [4.69, 9.17) is 4.74 Å². The molecule has 8 heteroatoms. The summed E-state index contributed by atoms with van der Waals surface area (Å²) in [6.45, 7) is 6.19. The summed E-state index contributed by atoms with van der Waals surface area (Å²) in [7, 11) is -2.15. The van der Waals surface area contributed by atoms with Gasteiger partial charge in [0, 0.05) is 13.1 Å². The quantitative estimate of drug-likeness (QED) is 0.846. The predicted molar refractivity (Wildman–Crippen MR) is 93.6 cm³/mol. The van der Waals surface area contributed by atoms with Crippen molar-refractivity contribution in [1.82, 2.24) is 9.62 Å². The maximum absolute atomic E-state index is 12.1. The molecule has 0 bridgehead atoms. The molecular formula is C17H26N2O5S. The summed E-state index contributed by atoms with van der Waals surface area (Å²) in [5.41, 5.74) is -0.994. The van der Waals surface area contributed by atoms with Crippen LogP contribution in [0.1, 0.15) is 39.2 Å². The minimum absolute atomic E-state index is 0.147. The Balaban J connectivity index is 2.06. The number of hydrogen-bond donors (Lipinski definition) is 2. The highest BCUT2D eigenvalue weighted by atomic mass is 32.2. The number of sulfonamides is 1. The molecule has 2 N–H and O–H groups in total. The van der Waals surface area contributed by atoms with Gasteiger partial charge in [-0.15, -0.1) is 0 Å². The molecule has 1 heterocycles. The van der Waals surface area contributed by atoms with Crippen LogP contribution in [-0.2, 0) is 20.4 Å². The lowest BCUT2D eigenvalue weighted by Crippen LogP contribution is -2.46. The van der Waals surface area contributed by atoms with Crippen LogP contribution in [0.3, 0.4) is 0 Å². The van der Waals surface area contributed by atoms with Gasteiger partial charge in [-0.05, 0) is 58.4 Å². The first-order chi connectivity index (χ1) is 11.5. The van der Waals surface area contributed by atoms with Crippen LogP contribution in [0.15, 0.2) is 29.2 Å². The summed E-state index contributed by atoms with van der Waals surface area (Å²) < 4.78 is 31.1. The minimum atomic E-state index is -3.50. The lowest BCUT2D eigenvalue weighted by atomic mass is 9.84. The second-order valence-electron chi connectivity index (χ2n) is 7.23. The number of nitrogens with one attached hydrogen (secondary N) is 1. The fraction of sp³-hybridized carbons (Fsp3) is 0.588.